The number of hydrogen-bond donors (Lipinski definition) is 1. The zero-order chi connectivity index (χ0) is 21.3. The molecule has 0 bridgehead atoms. The number of carbonyl (C=O) groups is 1. The van der Waals surface area contributed by atoms with Gasteiger partial charge in [0.25, 0.3) is 0 Å². The van der Waals surface area contributed by atoms with E-state index in [1.807, 2.05) is 0 Å². The van der Waals surface area contributed by atoms with E-state index < -0.39 is 21.5 Å². The summed E-state index contributed by atoms with van der Waals surface area (Å²) in [6, 6.07) is 0. The highest BCUT2D eigenvalue weighted by molar-refractivity contribution is 7.88. The van der Waals surface area contributed by atoms with Gasteiger partial charge in [0.2, 0.25) is 15.9 Å². The minimum absolute atomic E-state index is 0.0658. The van der Waals surface area contributed by atoms with E-state index in [0.29, 0.717) is 32.1 Å². The first-order valence-electron chi connectivity index (χ1n) is 10.3. The lowest BCUT2D eigenvalue weighted by molar-refractivity contribution is -0.134. The SMILES string of the molecule is CN(C)C(=O)[C@@H]1CN(CC2(O)CCC(C(C)(C)C)CC2)CCN(S(C)(=O)=O)C1. The zero-order valence-corrected chi connectivity index (χ0v) is 19.3. The van der Waals surface area contributed by atoms with Crippen molar-refractivity contribution in [2.24, 2.45) is 17.3 Å². The maximum absolute atomic E-state index is 12.6. The van der Waals surface area contributed by atoms with E-state index in [-0.39, 0.29) is 17.9 Å². The number of β-amino-alcohol motifs (C(OH)–C–C–N with tert-alkyl or cyclic N) is 1. The summed E-state index contributed by atoms with van der Waals surface area (Å²) in [4.78, 5) is 16.2. The second kappa shape index (κ2) is 8.58. The number of hydrogen-bond acceptors (Lipinski definition) is 5. The van der Waals surface area contributed by atoms with E-state index in [1.54, 1.807) is 14.1 Å². The largest absolute Gasteiger partial charge is 0.389 e. The van der Waals surface area contributed by atoms with Gasteiger partial charge < -0.3 is 10.0 Å². The van der Waals surface area contributed by atoms with Crippen molar-refractivity contribution in [3.63, 3.8) is 0 Å². The minimum atomic E-state index is -3.36. The van der Waals surface area contributed by atoms with Gasteiger partial charge in [-0.15, -0.1) is 0 Å². The predicted molar refractivity (Wildman–Crippen MR) is 111 cm³/mol. The van der Waals surface area contributed by atoms with Crippen LogP contribution in [0.15, 0.2) is 0 Å². The predicted octanol–water partition coefficient (Wildman–Crippen LogP) is 1.24. The van der Waals surface area contributed by atoms with Crippen LogP contribution in [0.25, 0.3) is 0 Å². The second-order valence-corrected chi connectivity index (χ2v) is 12.1. The Hall–Kier alpha value is -0.700. The summed E-state index contributed by atoms with van der Waals surface area (Å²) in [5, 5.41) is 11.2. The monoisotopic (exact) mass is 417 g/mol. The van der Waals surface area contributed by atoms with Crippen LogP contribution in [-0.4, -0.2) is 92.2 Å². The standard InChI is InChI=1S/C20H39N3O4S/c1-19(2,3)17-7-9-20(25,10-8-17)15-22-11-12-23(28(6,26)27)14-16(13-22)18(24)21(4)5/h16-17,25H,7-15H2,1-6H3/t16-,17?,20?/m1/s1. The zero-order valence-electron chi connectivity index (χ0n) is 18.4. The van der Waals surface area contributed by atoms with Crippen LogP contribution < -0.4 is 0 Å². The van der Waals surface area contributed by atoms with Crippen LogP contribution in [-0.2, 0) is 14.8 Å². The summed E-state index contributed by atoms with van der Waals surface area (Å²) in [6.45, 7) is 8.85. The van der Waals surface area contributed by atoms with Gasteiger partial charge >= 0.3 is 0 Å². The topological polar surface area (TPSA) is 81.2 Å². The first kappa shape index (κ1) is 23.6. The van der Waals surface area contributed by atoms with E-state index in [1.165, 1.54) is 15.5 Å². The molecule has 0 aromatic carbocycles. The van der Waals surface area contributed by atoms with E-state index in [9.17, 15) is 18.3 Å². The van der Waals surface area contributed by atoms with E-state index in [4.69, 9.17) is 0 Å². The number of aliphatic hydroxyl groups is 1. The van der Waals surface area contributed by atoms with Crippen molar-refractivity contribution in [1.29, 1.82) is 0 Å². The Morgan fingerprint density at radius 2 is 1.71 bits per heavy atom. The molecule has 0 unspecified atom stereocenters. The van der Waals surface area contributed by atoms with Crippen molar-refractivity contribution in [2.45, 2.75) is 52.1 Å². The lowest BCUT2D eigenvalue weighted by Crippen LogP contribution is -2.49. The number of rotatable bonds is 4. The van der Waals surface area contributed by atoms with Crippen molar-refractivity contribution in [3.8, 4) is 0 Å². The first-order valence-corrected chi connectivity index (χ1v) is 12.2. The first-order chi connectivity index (χ1) is 12.7. The molecule has 1 heterocycles. The average Bonchev–Trinajstić information content (AvgIpc) is 2.75. The van der Waals surface area contributed by atoms with Crippen molar-refractivity contribution >= 4 is 15.9 Å². The Balaban J connectivity index is 2.09. The van der Waals surface area contributed by atoms with E-state index in [2.05, 4.69) is 25.7 Å². The minimum Gasteiger partial charge on any atom is -0.389 e. The molecule has 0 radical (unpaired) electrons. The summed E-state index contributed by atoms with van der Waals surface area (Å²) in [6.07, 6.45) is 4.72. The molecule has 2 fully saturated rings. The van der Waals surface area contributed by atoms with Gasteiger partial charge in [-0.1, -0.05) is 20.8 Å². The van der Waals surface area contributed by atoms with Crippen LogP contribution in [0.5, 0.6) is 0 Å². The van der Waals surface area contributed by atoms with Crippen LogP contribution in [0, 0.1) is 17.3 Å². The van der Waals surface area contributed by atoms with Crippen molar-refractivity contribution < 1.29 is 18.3 Å². The Kier molecular flexibility index (Phi) is 7.22. The summed E-state index contributed by atoms with van der Waals surface area (Å²) in [5.74, 6) is 0.131. The molecule has 8 heteroatoms. The van der Waals surface area contributed by atoms with Gasteiger partial charge in [0.15, 0.2) is 0 Å². The molecule has 2 aliphatic rings. The summed E-state index contributed by atoms with van der Waals surface area (Å²) in [5.41, 5.74) is -0.503. The molecule has 1 saturated carbocycles. The molecule has 1 aliphatic heterocycles. The summed E-state index contributed by atoms with van der Waals surface area (Å²) < 4.78 is 25.6. The number of nitrogens with zero attached hydrogens (tertiary/aromatic N) is 3. The molecule has 1 aliphatic carbocycles. The third-order valence-electron chi connectivity index (χ3n) is 6.49. The van der Waals surface area contributed by atoms with Gasteiger partial charge in [0.1, 0.15) is 0 Å². The third-order valence-corrected chi connectivity index (χ3v) is 7.76. The molecule has 7 nitrogen and oxygen atoms in total. The van der Waals surface area contributed by atoms with Crippen LogP contribution in [0.3, 0.4) is 0 Å². The lowest BCUT2D eigenvalue weighted by atomic mass is 9.68. The van der Waals surface area contributed by atoms with Crippen molar-refractivity contribution in [1.82, 2.24) is 14.1 Å². The summed E-state index contributed by atoms with van der Waals surface area (Å²) in [7, 11) is 0.0328. The number of amides is 1. The quantitative estimate of drug-likeness (QED) is 0.744. The van der Waals surface area contributed by atoms with Crippen LogP contribution in [0.4, 0.5) is 0 Å². The smallest absolute Gasteiger partial charge is 0.227 e. The molecule has 0 aromatic rings. The number of carbonyl (C=O) groups excluding carboxylic acids is 1. The van der Waals surface area contributed by atoms with Crippen molar-refractivity contribution in [2.75, 3.05) is 53.1 Å². The molecule has 0 aromatic heterocycles. The Morgan fingerprint density at radius 3 is 2.18 bits per heavy atom. The fourth-order valence-corrected chi connectivity index (χ4v) is 5.48. The molecule has 2 rings (SSSR count). The van der Waals surface area contributed by atoms with Gasteiger partial charge in [-0.2, -0.15) is 0 Å². The van der Waals surface area contributed by atoms with Gasteiger partial charge in [-0.3, -0.25) is 9.69 Å². The lowest BCUT2D eigenvalue weighted by Gasteiger charge is -2.43. The van der Waals surface area contributed by atoms with Crippen LogP contribution >= 0.6 is 0 Å². The molecular formula is C20H39N3O4S. The van der Waals surface area contributed by atoms with Gasteiger partial charge in [0, 0.05) is 46.8 Å². The highest BCUT2D eigenvalue weighted by atomic mass is 32.2. The van der Waals surface area contributed by atoms with Crippen LogP contribution in [0.2, 0.25) is 0 Å². The maximum atomic E-state index is 12.6. The fourth-order valence-electron chi connectivity index (χ4n) is 4.61. The van der Waals surface area contributed by atoms with E-state index >= 15 is 0 Å². The molecule has 1 N–H and O–H groups in total. The van der Waals surface area contributed by atoms with Crippen LogP contribution in [0.1, 0.15) is 46.5 Å². The normalized spacial score (nSPS) is 31.4. The third kappa shape index (κ3) is 6.15. The van der Waals surface area contributed by atoms with Gasteiger partial charge in [-0.25, -0.2) is 12.7 Å². The maximum Gasteiger partial charge on any atom is 0.227 e. The van der Waals surface area contributed by atoms with E-state index in [0.717, 1.165) is 25.7 Å². The van der Waals surface area contributed by atoms with Gasteiger partial charge in [0.05, 0.1) is 17.8 Å². The number of sulfonamides is 1. The molecule has 1 saturated heterocycles. The Labute approximate surface area is 171 Å². The van der Waals surface area contributed by atoms with Crippen molar-refractivity contribution in [3.05, 3.63) is 0 Å². The average molecular weight is 418 g/mol. The highest BCUT2D eigenvalue weighted by Crippen LogP contribution is 2.41. The second-order valence-electron chi connectivity index (χ2n) is 10.2. The molecule has 1 atom stereocenters. The van der Waals surface area contributed by atoms with Gasteiger partial charge in [-0.05, 0) is 37.0 Å². The molecular weight excluding hydrogens is 378 g/mol. The molecule has 164 valence electrons. The Bertz CT molecular complexity index is 649. The highest BCUT2D eigenvalue weighted by Gasteiger charge is 2.40. The Morgan fingerprint density at radius 1 is 1.14 bits per heavy atom. The summed E-state index contributed by atoms with van der Waals surface area (Å²) >= 11 is 0. The molecule has 28 heavy (non-hydrogen) atoms. The molecule has 0 spiro atoms. The fraction of sp³-hybridized carbons (Fsp3) is 0.950. The molecule has 1 amide bonds.